The van der Waals surface area contributed by atoms with Gasteiger partial charge in [0, 0.05) is 29.6 Å². The summed E-state index contributed by atoms with van der Waals surface area (Å²) < 4.78 is 7.65. The Hall–Kier alpha value is -4.31. The molecule has 3 amide bonds. The van der Waals surface area contributed by atoms with Crippen molar-refractivity contribution in [3.05, 3.63) is 84.3 Å². The molecule has 38 heavy (non-hydrogen) atoms. The lowest BCUT2D eigenvalue weighted by atomic mass is 9.92. The topological polar surface area (TPSA) is 110 Å². The zero-order valence-corrected chi connectivity index (χ0v) is 22.7. The van der Waals surface area contributed by atoms with Gasteiger partial charge in [-0.2, -0.15) is 5.10 Å². The number of hydrogen-bond acceptors (Lipinski definition) is 6. The largest absolute Gasteiger partial charge is 0.456 e. The number of nitrogens with one attached hydrogen (secondary N) is 3. The van der Waals surface area contributed by atoms with Crippen LogP contribution in [0.25, 0.3) is 5.69 Å². The Morgan fingerprint density at radius 3 is 2.39 bits per heavy atom. The van der Waals surface area contributed by atoms with Crippen molar-refractivity contribution in [2.24, 2.45) is 0 Å². The Labute approximate surface area is 226 Å². The molecule has 0 aliphatic rings. The van der Waals surface area contributed by atoms with Crippen LogP contribution >= 0.6 is 11.8 Å². The van der Waals surface area contributed by atoms with E-state index in [2.05, 4.69) is 41.7 Å². The third-order valence-electron chi connectivity index (χ3n) is 5.58. The number of carbonyl (C=O) groups is 2. The molecule has 4 rings (SSSR count). The summed E-state index contributed by atoms with van der Waals surface area (Å²) in [4.78, 5) is 29.8. The molecule has 0 bridgehead atoms. The maximum absolute atomic E-state index is 13.0. The van der Waals surface area contributed by atoms with Crippen molar-refractivity contribution < 1.29 is 14.3 Å². The number of ether oxygens (including phenoxy) is 1. The Morgan fingerprint density at radius 1 is 0.947 bits per heavy atom. The third-order valence-corrected chi connectivity index (χ3v) is 6.36. The molecule has 196 valence electrons. The summed E-state index contributed by atoms with van der Waals surface area (Å²) in [6, 6.07) is 18.1. The number of nitrogens with zero attached hydrogens (tertiary/aromatic N) is 3. The van der Waals surface area contributed by atoms with Gasteiger partial charge in [-0.05, 0) is 42.7 Å². The lowest BCUT2D eigenvalue weighted by Gasteiger charge is -2.14. The molecule has 0 unspecified atom stereocenters. The van der Waals surface area contributed by atoms with Gasteiger partial charge in [-0.15, -0.1) is 11.8 Å². The molecule has 0 aliphatic carbocycles. The zero-order valence-electron chi connectivity index (χ0n) is 21.9. The quantitative estimate of drug-likeness (QED) is 0.250. The van der Waals surface area contributed by atoms with Crippen LogP contribution in [0.5, 0.6) is 11.5 Å². The molecule has 2 heterocycles. The average Bonchev–Trinajstić information content (AvgIpc) is 3.34. The molecular weight excluding hydrogens is 500 g/mol. The van der Waals surface area contributed by atoms with Crippen molar-refractivity contribution >= 4 is 35.2 Å². The fourth-order valence-electron chi connectivity index (χ4n) is 3.59. The third kappa shape index (κ3) is 6.33. The van der Waals surface area contributed by atoms with E-state index < -0.39 is 6.03 Å². The number of aromatic nitrogens is 3. The number of amides is 3. The van der Waals surface area contributed by atoms with Gasteiger partial charge in [-0.25, -0.2) is 9.48 Å². The number of anilines is 2. The minimum absolute atomic E-state index is 0.190. The molecule has 10 heteroatoms. The van der Waals surface area contributed by atoms with Crippen LogP contribution < -0.4 is 20.7 Å². The van der Waals surface area contributed by atoms with Crippen LogP contribution in [0.3, 0.4) is 0 Å². The van der Waals surface area contributed by atoms with Gasteiger partial charge >= 0.3 is 6.03 Å². The van der Waals surface area contributed by atoms with Crippen LogP contribution in [0.4, 0.5) is 16.3 Å². The van der Waals surface area contributed by atoms with Crippen molar-refractivity contribution in [2.75, 3.05) is 23.9 Å². The molecule has 0 aliphatic heterocycles. The Balaban J connectivity index is 1.52. The lowest BCUT2D eigenvalue weighted by molar-refractivity contribution is 0.0962. The molecule has 0 saturated carbocycles. The van der Waals surface area contributed by atoms with Gasteiger partial charge in [0.2, 0.25) is 0 Å². The predicted octanol–water partition coefficient (Wildman–Crippen LogP) is 6.08. The van der Waals surface area contributed by atoms with Crippen molar-refractivity contribution in [1.82, 2.24) is 20.1 Å². The Kier molecular flexibility index (Phi) is 8.02. The van der Waals surface area contributed by atoms with Gasteiger partial charge in [0.05, 0.1) is 28.8 Å². The van der Waals surface area contributed by atoms with Gasteiger partial charge < -0.3 is 15.4 Å². The molecule has 0 fully saturated rings. The van der Waals surface area contributed by atoms with E-state index in [-0.39, 0.29) is 11.3 Å². The average molecular weight is 531 g/mol. The number of thioether (sulfide) groups is 1. The number of pyridine rings is 1. The molecule has 0 saturated heterocycles. The van der Waals surface area contributed by atoms with Crippen molar-refractivity contribution in [2.45, 2.75) is 31.1 Å². The molecule has 0 radical (unpaired) electrons. The number of para-hydroxylation sites is 1. The van der Waals surface area contributed by atoms with Crippen LogP contribution in [-0.2, 0) is 5.41 Å². The highest BCUT2D eigenvalue weighted by Gasteiger charge is 2.22. The fourth-order valence-corrected chi connectivity index (χ4v) is 4.16. The van der Waals surface area contributed by atoms with E-state index in [4.69, 9.17) is 9.84 Å². The number of urea groups is 1. The normalized spacial score (nSPS) is 11.1. The van der Waals surface area contributed by atoms with Crippen LogP contribution in [0.2, 0.25) is 0 Å². The smallest absolute Gasteiger partial charge is 0.324 e. The van der Waals surface area contributed by atoms with Gasteiger partial charge in [-0.3, -0.25) is 15.1 Å². The van der Waals surface area contributed by atoms with Crippen LogP contribution in [0.1, 0.15) is 36.8 Å². The highest BCUT2D eigenvalue weighted by atomic mass is 32.2. The van der Waals surface area contributed by atoms with E-state index >= 15 is 0 Å². The lowest BCUT2D eigenvalue weighted by Crippen LogP contribution is -2.21. The van der Waals surface area contributed by atoms with E-state index in [9.17, 15) is 9.59 Å². The second kappa shape index (κ2) is 11.4. The van der Waals surface area contributed by atoms with E-state index in [0.29, 0.717) is 28.6 Å². The summed E-state index contributed by atoms with van der Waals surface area (Å²) in [6.45, 7) is 6.23. The molecule has 2 aromatic carbocycles. The van der Waals surface area contributed by atoms with E-state index in [1.54, 1.807) is 29.9 Å². The van der Waals surface area contributed by atoms with Crippen molar-refractivity contribution in [3.63, 3.8) is 0 Å². The maximum Gasteiger partial charge on any atom is 0.324 e. The fraction of sp³-hybridized carbons (Fsp3) is 0.214. The molecule has 3 N–H and O–H groups in total. The highest BCUT2D eigenvalue weighted by Crippen LogP contribution is 2.32. The van der Waals surface area contributed by atoms with Gasteiger partial charge in [-0.1, -0.05) is 39.0 Å². The van der Waals surface area contributed by atoms with E-state index in [0.717, 1.165) is 16.3 Å². The Morgan fingerprint density at radius 2 is 1.71 bits per heavy atom. The molecule has 9 nitrogen and oxygen atoms in total. The van der Waals surface area contributed by atoms with Crippen molar-refractivity contribution in [1.29, 1.82) is 0 Å². The number of benzene rings is 2. The molecule has 4 aromatic rings. The molecular formula is C28H30N6O3S. The maximum atomic E-state index is 13.0. The first kappa shape index (κ1) is 26.7. The second-order valence-electron chi connectivity index (χ2n) is 9.44. The monoisotopic (exact) mass is 530 g/mol. The second-order valence-corrected chi connectivity index (χ2v) is 10.3. The minimum atomic E-state index is -0.394. The zero-order chi connectivity index (χ0) is 27.3. The summed E-state index contributed by atoms with van der Waals surface area (Å²) >= 11 is 1.47. The van der Waals surface area contributed by atoms with Crippen LogP contribution in [0, 0.1) is 0 Å². The first-order chi connectivity index (χ1) is 18.2. The first-order valence-electron chi connectivity index (χ1n) is 11.9. The summed E-state index contributed by atoms with van der Waals surface area (Å²) in [6.07, 6.45) is 4.92. The first-order valence-corrected chi connectivity index (χ1v) is 13.2. The molecule has 0 atom stereocenters. The summed E-state index contributed by atoms with van der Waals surface area (Å²) in [7, 11) is 1.56. The summed E-state index contributed by atoms with van der Waals surface area (Å²) in [5, 5.41) is 13.2. The number of rotatable bonds is 7. The van der Waals surface area contributed by atoms with Gasteiger partial charge in [0.1, 0.15) is 17.3 Å². The Bertz CT molecular complexity index is 1450. The predicted molar refractivity (Wildman–Crippen MR) is 151 cm³/mol. The minimum Gasteiger partial charge on any atom is -0.456 e. The van der Waals surface area contributed by atoms with Crippen LogP contribution in [-0.4, -0.2) is 40.0 Å². The van der Waals surface area contributed by atoms with E-state index in [1.165, 1.54) is 24.2 Å². The standard InChI is InChI=1S/C28H30N6O3S/c1-28(2,3)24-15-25(34(33-24)19-9-7-6-8-10-19)32-27(36)31-22-12-11-20(14-23(22)38-5)37-21-13-18(16-30-17-21)26(35)29-4/h6-17H,1-5H3,(H,29,35)(H2,31,32,36). The highest BCUT2D eigenvalue weighted by molar-refractivity contribution is 7.98. The van der Waals surface area contributed by atoms with Gasteiger partial charge in [0.15, 0.2) is 0 Å². The van der Waals surface area contributed by atoms with Crippen LogP contribution in [0.15, 0.2) is 78.0 Å². The van der Waals surface area contributed by atoms with Gasteiger partial charge in [0.25, 0.3) is 5.91 Å². The summed E-state index contributed by atoms with van der Waals surface area (Å²) in [5.41, 5.74) is 2.54. The van der Waals surface area contributed by atoms with E-state index in [1.807, 2.05) is 48.7 Å². The number of hydrogen-bond donors (Lipinski definition) is 3. The summed E-state index contributed by atoms with van der Waals surface area (Å²) in [5.74, 6) is 1.29. The number of carbonyl (C=O) groups excluding carboxylic acids is 2. The molecule has 0 spiro atoms. The SMILES string of the molecule is CNC(=O)c1cncc(Oc2ccc(NC(=O)Nc3cc(C(C)(C)C)nn3-c3ccccc3)c(SC)c2)c1. The van der Waals surface area contributed by atoms with Crippen molar-refractivity contribution in [3.8, 4) is 17.2 Å². The molecule has 2 aromatic heterocycles.